The Bertz CT molecular complexity index is 302. The Morgan fingerprint density at radius 3 is 2.38 bits per heavy atom. The van der Waals surface area contributed by atoms with Gasteiger partial charge in [-0.25, -0.2) is 8.42 Å². The maximum atomic E-state index is 11.2. The number of rotatable bonds is 1. The summed E-state index contributed by atoms with van der Waals surface area (Å²) >= 11 is 0. The molecule has 0 bridgehead atoms. The highest BCUT2D eigenvalue weighted by molar-refractivity contribution is 7.94. The largest absolute Gasteiger partial charge is 0.328 e. The molecule has 0 spiro atoms. The molecule has 3 nitrogen and oxygen atoms in total. The standard InChI is InChI=1S/C9H15NO2S/c11-13(12)7-4-9(8-13)10-5-2-1-3-6-10/h4,7,9H,1-3,5-6,8H2/p+1. The SMILES string of the molecule is O=S1(=O)C=CC([NH+]2CCCCC2)C1. The summed E-state index contributed by atoms with van der Waals surface area (Å²) in [5, 5.41) is 1.39. The second kappa shape index (κ2) is 3.42. The Kier molecular flexibility index (Phi) is 2.43. The maximum absolute atomic E-state index is 11.2. The van der Waals surface area contributed by atoms with E-state index >= 15 is 0 Å². The van der Waals surface area contributed by atoms with Gasteiger partial charge in [-0.3, -0.25) is 0 Å². The van der Waals surface area contributed by atoms with Gasteiger partial charge < -0.3 is 4.90 Å². The molecule has 74 valence electrons. The summed E-state index contributed by atoms with van der Waals surface area (Å²) in [6, 6.07) is 0.241. The fourth-order valence-corrected chi connectivity index (χ4v) is 3.59. The predicted octanol–water partition coefficient (Wildman–Crippen LogP) is -0.634. The zero-order valence-electron chi connectivity index (χ0n) is 7.70. The Morgan fingerprint density at radius 2 is 1.85 bits per heavy atom. The van der Waals surface area contributed by atoms with Crippen LogP contribution in [-0.2, 0) is 9.84 Å². The van der Waals surface area contributed by atoms with Crippen molar-refractivity contribution in [1.29, 1.82) is 0 Å². The molecule has 2 rings (SSSR count). The van der Waals surface area contributed by atoms with Crippen molar-refractivity contribution in [2.45, 2.75) is 25.3 Å². The van der Waals surface area contributed by atoms with Crippen LogP contribution >= 0.6 is 0 Å². The van der Waals surface area contributed by atoms with E-state index in [4.69, 9.17) is 0 Å². The van der Waals surface area contributed by atoms with Crippen LogP contribution in [0.4, 0.5) is 0 Å². The van der Waals surface area contributed by atoms with E-state index in [1.807, 2.05) is 6.08 Å². The molecule has 1 N–H and O–H groups in total. The third kappa shape index (κ3) is 2.11. The van der Waals surface area contributed by atoms with Crippen molar-refractivity contribution in [2.24, 2.45) is 0 Å². The smallest absolute Gasteiger partial charge is 0.177 e. The first-order valence-corrected chi connectivity index (χ1v) is 6.64. The summed E-state index contributed by atoms with van der Waals surface area (Å²) in [4.78, 5) is 1.46. The molecule has 1 fully saturated rings. The van der Waals surface area contributed by atoms with E-state index in [9.17, 15) is 8.42 Å². The second-order valence-corrected chi connectivity index (χ2v) is 5.91. The minimum absolute atomic E-state index is 0.241. The summed E-state index contributed by atoms with van der Waals surface area (Å²) in [5.41, 5.74) is 0. The molecule has 0 amide bonds. The van der Waals surface area contributed by atoms with Crippen LogP contribution in [0, 0.1) is 0 Å². The zero-order valence-corrected chi connectivity index (χ0v) is 8.52. The number of hydrogen-bond donors (Lipinski definition) is 1. The molecule has 0 aromatic carbocycles. The van der Waals surface area contributed by atoms with Crippen LogP contribution in [0.15, 0.2) is 11.5 Å². The van der Waals surface area contributed by atoms with E-state index in [2.05, 4.69) is 0 Å². The fraction of sp³-hybridized carbons (Fsp3) is 0.778. The molecule has 13 heavy (non-hydrogen) atoms. The minimum Gasteiger partial charge on any atom is -0.328 e. The van der Waals surface area contributed by atoms with Crippen molar-refractivity contribution in [3.05, 3.63) is 11.5 Å². The molecule has 1 unspecified atom stereocenters. The lowest BCUT2D eigenvalue weighted by Crippen LogP contribution is -3.16. The molecule has 2 heterocycles. The molecule has 2 aliphatic heterocycles. The summed E-state index contributed by atoms with van der Waals surface area (Å²) in [5.74, 6) is 0.336. The average Bonchev–Trinajstić information content (AvgIpc) is 2.48. The van der Waals surface area contributed by atoms with Crippen LogP contribution in [0.5, 0.6) is 0 Å². The van der Waals surface area contributed by atoms with E-state index in [0.29, 0.717) is 5.75 Å². The van der Waals surface area contributed by atoms with E-state index < -0.39 is 9.84 Å². The van der Waals surface area contributed by atoms with Crippen LogP contribution in [0.1, 0.15) is 19.3 Å². The highest BCUT2D eigenvalue weighted by atomic mass is 32.2. The van der Waals surface area contributed by atoms with Crippen molar-refractivity contribution in [1.82, 2.24) is 0 Å². The van der Waals surface area contributed by atoms with Gasteiger partial charge in [0, 0.05) is 5.41 Å². The van der Waals surface area contributed by atoms with Gasteiger partial charge in [-0.2, -0.15) is 0 Å². The summed E-state index contributed by atoms with van der Waals surface area (Å²) in [6.45, 7) is 2.29. The third-order valence-electron chi connectivity index (χ3n) is 2.95. The number of piperidine rings is 1. The van der Waals surface area contributed by atoms with E-state index in [0.717, 1.165) is 13.1 Å². The van der Waals surface area contributed by atoms with Crippen molar-refractivity contribution in [3.63, 3.8) is 0 Å². The van der Waals surface area contributed by atoms with E-state index in [-0.39, 0.29) is 6.04 Å². The topological polar surface area (TPSA) is 38.6 Å². The fourth-order valence-electron chi connectivity index (χ4n) is 2.21. The van der Waals surface area contributed by atoms with Gasteiger partial charge in [0.25, 0.3) is 0 Å². The molecule has 0 radical (unpaired) electrons. The Hall–Kier alpha value is -0.350. The van der Waals surface area contributed by atoms with Gasteiger partial charge in [0.15, 0.2) is 9.84 Å². The minimum atomic E-state index is -2.85. The van der Waals surface area contributed by atoms with Gasteiger partial charge in [-0.05, 0) is 25.3 Å². The van der Waals surface area contributed by atoms with Crippen LogP contribution < -0.4 is 4.90 Å². The number of sulfone groups is 1. The number of quaternary nitrogens is 1. The van der Waals surface area contributed by atoms with Crippen LogP contribution in [-0.4, -0.2) is 33.3 Å². The average molecular weight is 202 g/mol. The molecule has 0 aromatic rings. The van der Waals surface area contributed by atoms with E-state index in [1.165, 1.54) is 29.6 Å². The molecule has 1 atom stereocenters. The molecule has 0 saturated carbocycles. The molecule has 0 aliphatic carbocycles. The van der Waals surface area contributed by atoms with Gasteiger partial charge in [-0.1, -0.05) is 0 Å². The van der Waals surface area contributed by atoms with E-state index in [1.54, 1.807) is 0 Å². The lowest BCUT2D eigenvalue weighted by Gasteiger charge is -2.27. The number of hydrogen-bond acceptors (Lipinski definition) is 2. The Balaban J connectivity index is 1.99. The molecular formula is C9H16NO2S+. The van der Waals surface area contributed by atoms with Crippen molar-refractivity contribution < 1.29 is 13.3 Å². The molecule has 1 saturated heterocycles. The second-order valence-electron chi connectivity index (χ2n) is 3.98. The van der Waals surface area contributed by atoms with Gasteiger partial charge in [-0.15, -0.1) is 0 Å². The summed E-state index contributed by atoms with van der Waals surface area (Å²) in [6.07, 6.45) is 5.68. The maximum Gasteiger partial charge on any atom is 0.177 e. The zero-order chi connectivity index (χ0) is 9.31. The lowest BCUT2D eigenvalue weighted by molar-refractivity contribution is -0.920. The van der Waals surface area contributed by atoms with Crippen LogP contribution in [0.25, 0.3) is 0 Å². The monoisotopic (exact) mass is 202 g/mol. The highest BCUT2D eigenvalue weighted by Gasteiger charge is 2.30. The Morgan fingerprint density at radius 1 is 1.15 bits per heavy atom. The van der Waals surface area contributed by atoms with Crippen molar-refractivity contribution >= 4 is 9.84 Å². The Labute approximate surface area is 79.3 Å². The predicted molar refractivity (Wildman–Crippen MR) is 51.3 cm³/mol. The quantitative estimate of drug-likeness (QED) is 0.614. The first-order valence-electron chi connectivity index (χ1n) is 4.93. The third-order valence-corrected chi connectivity index (χ3v) is 4.35. The highest BCUT2D eigenvalue weighted by Crippen LogP contribution is 2.07. The van der Waals surface area contributed by atoms with Crippen molar-refractivity contribution in [3.8, 4) is 0 Å². The molecule has 2 aliphatic rings. The van der Waals surface area contributed by atoms with Gasteiger partial charge in [0.05, 0.1) is 13.1 Å². The van der Waals surface area contributed by atoms with Gasteiger partial charge in [0.2, 0.25) is 0 Å². The summed E-state index contributed by atoms with van der Waals surface area (Å²) < 4.78 is 22.4. The number of likely N-dealkylation sites (tertiary alicyclic amines) is 1. The number of nitrogens with one attached hydrogen (secondary N) is 1. The molecule has 0 aromatic heterocycles. The first-order chi connectivity index (χ1) is 6.17. The first kappa shape index (κ1) is 9.21. The van der Waals surface area contributed by atoms with Crippen LogP contribution in [0.2, 0.25) is 0 Å². The van der Waals surface area contributed by atoms with Gasteiger partial charge >= 0.3 is 0 Å². The van der Waals surface area contributed by atoms with Crippen LogP contribution in [0.3, 0.4) is 0 Å². The van der Waals surface area contributed by atoms with Crippen molar-refractivity contribution in [2.75, 3.05) is 18.8 Å². The molecular weight excluding hydrogens is 186 g/mol. The normalized spacial score (nSPS) is 33.7. The van der Waals surface area contributed by atoms with Gasteiger partial charge in [0.1, 0.15) is 11.8 Å². The lowest BCUT2D eigenvalue weighted by atomic mass is 10.1. The molecule has 4 heteroatoms. The summed E-state index contributed by atoms with van der Waals surface area (Å²) in [7, 11) is -2.85.